The molecule has 2 amide bonds. The van der Waals surface area contributed by atoms with Crippen molar-refractivity contribution in [2.75, 3.05) is 11.5 Å². The average Bonchev–Trinajstić information content (AvgIpc) is 2.98. The van der Waals surface area contributed by atoms with Crippen LogP contribution in [0.15, 0.2) is 40.9 Å². The van der Waals surface area contributed by atoms with Crippen LogP contribution in [0.1, 0.15) is 66.2 Å². The number of carbonyl (C=O) groups is 2. The number of amides is 2. The van der Waals surface area contributed by atoms with Crippen molar-refractivity contribution in [1.82, 2.24) is 0 Å². The Labute approximate surface area is 183 Å². The number of imide groups is 1. The van der Waals surface area contributed by atoms with Gasteiger partial charge in [-0.2, -0.15) is 0 Å². The first-order chi connectivity index (χ1) is 14.5. The molecule has 0 radical (unpaired) electrons. The van der Waals surface area contributed by atoms with Gasteiger partial charge in [-0.15, -0.1) is 0 Å². The average molecular weight is 475 g/mol. The van der Waals surface area contributed by atoms with Crippen LogP contribution < -0.4 is 9.64 Å². The summed E-state index contributed by atoms with van der Waals surface area (Å²) < 4.78 is 6.21. The van der Waals surface area contributed by atoms with Crippen molar-refractivity contribution in [3.05, 3.63) is 62.1 Å². The fourth-order valence-electron chi connectivity index (χ4n) is 3.44. The number of fused-ring (bicyclic) bond motifs is 1. The number of nitro benzene ring substituents is 1. The number of hydrogen-bond donors (Lipinski definition) is 0. The van der Waals surface area contributed by atoms with Gasteiger partial charge in [0.1, 0.15) is 11.4 Å². The molecule has 1 aliphatic rings. The van der Waals surface area contributed by atoms with Gasteiger partial charge in [-0.25, -0.2) is 4.90 Å². The molecule has 0 aromatic heterocycles. The van der Waals surface area contributed by atoms with Gasteiger partial charge in [0.2, 0.25) is 0 Å². The number of rotatable bonds is 10. The summed E-state index contributed by atoms with van der Waals surface area (Å²) in [6.07, 6.45) is 6.64. The second-order valence-electron chi connectivity index (χ2n) is 7.14. The van der Waals surface area contributed by atoms with Gasteiger partial charge in [-0.3, -0.25) is 19.7 Å². The zero-order chi connectivity index (χ0) is 21.7. The van der Waals surface area contributed by atoms with Crippen molar-refractivity contribution >= 4 is 39.1 Å². The maximum Gasteiger partial charge on any atom is 0.294 e. The lowest BCUT2D eigenvalue weighted by molar-refractivity contribution is -0.384. The maximum absolute atomic E-state index is 12.8. The molecule has 7 nitrogen and oxygen atoms in total. The summed E-state index contributed by atoms with van der Waals surface area (Å²) >= 11 is 3.30. The molecule has 158 valence electrons. The number of unbranched alkanes of at least 4 members (excludes halogenated alkanes) is 5. The number of anilines is 1. The first kappa shape index (κ1) is 22.0. The van der Waals surface area contributed by atoms with E-state index in [-0.39, 0.29) is 22.5 Å². The lowest BCUT2D eigenvalue weighted by atomic mass is 10.1. The zero-order valence-corrected chi connectivity index (χ0v) is 18.3. The predicted molar refractivity (Wildman–Crippen MR) is 117 cm³/mol. The van der Waals surface area contributed by atoms with E-state index >= 15 is 0 Å². The topological polar surface area (TPSA) is 89.8 Å². The van der Waals surface area contributed by atoms with Crippen molar-refractivity contribution in [3.8, 4) is 5.75 Å². The van der Waals surface area contributed by atoms with E-state index in [4.69, 9.17) is 4.74 Å². The van der Waals surface area contributed by atoms with Gasteiger partial charge in [0.05, 0.1) is 27.1 Å². The Morgan fingerprint density at radius 1 is 1.00 bits per heavy atom. The van der Waals surface area contributed by atoms with E-state index in [1.54, 1.807) is 12.1 Å². The molecule has 0 unspecified atom stereocenters. The number of benzene rings is 2. The first-order valence-corrected chi connectivity index (χ1v) is 10.8. The fourth-order valence-corrected chi connectivity index (χ4v) is 3.89. The van der Waals surface area contributed by atoms with E-state index in [0.29, 0.717) is 16.8 Å². The minimum Gasteiger partial charge on any atom is -0.492 e. The summed E-state index contributed by atoms with van der Waals surface area (Å²) in [6.45, 7) is 2.62. The molecule has 0 fully saturated rings. The molecule has 0 saturated carbocycles. The third-order valence-corrected chi connectivity index (χ3v) is 5.64. The minimum atomic E-state index is -0.610. The summed E-state index contributed by atoms with van der Waals surface area (Å²) in [4.78, 5) is 37.4. The third-order valence-electron chi connectivity index (χ3n) is 5.02. The van der Waals surface area contributed by atoms with E-state index in [2.05, 4.69) is 22.9 Å². The monoisotopic (exact) mass is 474 g/mol. The van der Waals surface area contributed by atoms with Crippen LogP contribution in [0.3, 0.4) is 0 Å². The number of halogens is 1. The van der Waals surface area contributed by atoms with E-state index in [1.807, 2.05) is 0 Å². The Hall–Kier alpha value is -2.74. The first-order valence-electron chi connectivity index (χ1n) is 10.0. The largest absolute Gasteiger partial charge is 0.492 e. The van der Waals surface area contributed by atoms with Crippen LogP contribution >= 0.6 is 15.9 Å². The standard InChI is InChI=1S/C22H23BrN2O5/c1-2-3-4-5-6-9-12-30-20-14-18(19(25(28)29)13-17(20)23)24-21(26)15-10-7-8-11-16(15)22(24)27/h7-8,10-11,13-14H,2-6,9,12H2,1H3. The second-order valence-corrected chi connectivity index (χ2v) is 7.99. The molecule has 0 spiro atoms. The number of ether oxygens (including phenoxy) is 1. The lowest BCUT2D eigenvalue weighted by Gasteiger charge is -2.17. The molecule has 3 rings (SSSR count). The Kier molecular flexibility index (Phi) is 7.20. The molecule has 0 bridgehead atoms. The summed E-state index contributed by atoms with van der Waals surface area (Å²) in [5.41, 5.74) is 0.0270. The highest BCUT2D eigenvalue weighted by Gasteiger charge is 2.40. The molecular formula is C22H23BrN2O5. The van der Waals surface area contributed by atoms with Crippen LogP contribution in [0.4, 0.5) is 11.4 Å². The van der Waals surface area contributed by atoms with E-state index in [1.165, 1.54) is 43.5 Å². The molecule has 1 heterocycles. The zero-order valence-electron chi connectivity index (χ0n) is 16.7. The molecule has 2 aromatic rings. The van der Waals surface area contributed by atoms with Crippen LogP contribution in [-0.2, 0) is 0 Å². The number of nitro groups is 1. The molecular weight excluding hydrogens is 452 g/mol. The van der Waals surface area contributed by atoms with Gasteiger partial charge in [0, 0.05) is 12.1 Å². The summed E-state index contributed by atoms with van der Waals surface area (Å²) in [5, 5.41) is 11.6. The van der Waals surface area contributed by atoms with Gasteiger partial charge in [-0.1, -0.05) is 51.2 Å². The molecule has 30 heavy (non-hydrogen) atoms. The molecule has 8 heteroatoms. The van der Waals surface area contributed by atoms with Gasteiger partial charge in [0.25, 0.3) is 17.5 Å². The number of nitrogens with zero attached hydrogens (tertiary/aromatic N) is 2. The second kappa shape index (κ2) is 9.84. The molecule has 0 N–H and O–H groups in total. The quantitative estimate of drug-likeness (QED) is 0.185. The van der Waals surface area contributed by atoms with Crippen molar-refractivity contribution in [3.63, 3.8) is 0 Å². The van der Waals surface area contributed by atoms with Crippen molar-refractivity contribution in [1.29, 1.82) is 0 Å². The molecule has 0 atom stereocenters. The van der Waals surface area contributed by atoms with E-state index < -0.39 is 16.7 Å². The highest BCUT2D eigenvalue weighted by molar-refractivity contribution is 9.10. The Morgan fingerprint density at radius 3 is 2.20 bits per heavy atom. The SMILES string of the molecule is CCCCCCCCOc1cc(N2C(=O)c3ccccc3C2=O)c([N+](=O)[O-])cc1Br. The Morgan fingerprint density at radius 2 is 1.60 bits per heavy atom. The van der Waals surface area contributed by atoms with Crippen LogP contribution in [0.2, 0.25) is 0 Å². The number of carbonyl (C=O) groups excluding carboxylic acids is 2. The van der Waals surface area contributed by atoms with Crippen LogP contribution in [-0.4, -0.2) is 23.3 Å². The minimum absolute atomic E-state index is 0.0904. The number of hydrogen-bond acceptors (Lipinski definition) is 5. The van der Waals surface area contributed by atoms with Gasteiger partial charge in [-0.05, 0) is 34.5 Å². The van der Waals surface area contributed by atoms with E-state index in [0.717, 1.165) is 24.2 Å². The Balaban J connectivity index is 1.82. The van der Waals surface area contributed by atoms with Crippen LogP contribution in [0.5, 0.6) is 5.75 Å². The highest BCUT2D eigenvalue weighted by Crippen LogP contribution is 2.41. The van der Waals surface area contributed by atoms with Crippen LogP contribution in [0.25, 0.3) is 0 Å². The van der Waals surface area contributed by atoms with Gasteiger partial charge >= 0.3 is 0 Å². The summed E-state index contributed by atoms with van der Waals surface area (Å²) in [6, 6.07) is 9.04. The van der Waals surface area contributed by atoms with Crippen molar-refractivity contribution in [2.45, 2.75) is 45.4 Å². The predicted octanol–water partition coefficient (Wildman–Crippen LogP) is 5.90. The molecule has 0 saturated heterocycles. The smallest absolute Gasteiger partial charge is 0.294 e. The molecule has 1 aliphatic heterocycles. The van der Waals surface area contributed by atoms with Gasteiger partial charge < -0.3 is 4.74 Å². The summed E-state index contributed by atoms with van der Waals surface area (Å²) in [7, 11) is 0. The fraction of sp³-hybridized carbons (Fsp3) is 0.364. The lowest BCUT2D eigenvalue weighted by Crippen LogP contribution is -2.30. The van der Waals surface area contributed by atoms with E-state index in [9.17, 15) is 19.7 Å². The van der Waals surface area contributed by atoms with Crippen LogP contribution in [0, 0.1) is 10.1 Å². The summed E-state index contributed by atoms with van der Waals surface area (Å²) in [5.74, 6) is -0.800. The third kappa shape index (κ3) is 4.53. The Bertz CT molecular complexity index is 941. The van der Waals surface area contributed by atoms with Crippen molar-refractivity contribution in [2.24, 2.45) is 0 Å². The molecule has 2 aromatic carbocycles. The maximum atomic E-state index is 12.8. The normalized spacial score (nSPS) is 12.9. The van der Waals surface area contributed by atoms with Crippen molar-refractivity contribution < 1.29 is 19.2 Å². The highest BCUT2D eigenvalue weighted by atomic mass is 79.9. The van der Waals surface area contributed by atoms with Gasteiger partial charge in [0.15, 0.2) is 0 Å². The molecule has 0 aliphatic carbocycles.